The Bertz CT molecular complexity index is 1630. The number of fused-ring (bicyclic) bond motifs is 4. The molecule has 2 aromatic heterocycles. The van der Waals surface area contributed by atoms with E-state index >= 15 is 0 Å². The average molecular weight is 496 g/mol. The van der Waals surface area contributed by atoms with Crippen LogP contribution in [0.15, 0.2) is 66.7 Å². The Kier molecular flexibility index (Phi) is 5.72. The van der Waals surface area contributed by atoms with Crippen LogP contribution in [0.2, 0.25) is 0 Å². The molecule has 1 aliphatic heterocycles. The number of hydrogen-bond donors (Lipinski definition) is 2. The van der Waals surface area contributed by atoms with Crippen molar-refractivity contribution < 1.29 is 19.0 Å². The van der Waals surface area contributed by atoms with Gasteiger partial charge in [0.1, 0.15) is 17.2 Å². The van der Waals surface area contributed by atoms with E-state index in [0.29, 0.717) is 23.7 Å². The van der Waals surface area contributed by atoms with Crippen molar-refractivity contribution in [2.75, 3.05) is 19.6 Å². The van der Waals surface area contributed by atoms with Crippen molar-refractivity contribution in [2.24, 2.45) is 0 Å². The van der Waals surface area contributed by atoms with Gasteiger partial charge in [0.15, 0.2) is 11.5 Å². The second kappa shape index (κ2) is 9.34. The number of nitrogen functional groups attached to an aromatic ring is 1. The lowest BCUT2D eigenvalue weighted by molar-refractivity contribution is 0.0941. The Morgan fingerprint density at radius 2 is 1.81 bits per heavy atom. The summed E-state index contributed by atoms with van der Waals surface area (Å²) in [6.45, 7) is 1.15. The number of rotatable bonds is 7. The van der Waals surface area contributed by atoms with Gasteiger partial charge in [0.05, 0.1) is 18.0 Å². The molecule has 3 aromatic carbocycles. The zero-order valence-electron chi connectivity index (χ0n) is 20.2. The lowest BCUT2D eigenvalue weighted by atomic mass is 10.1. The maximum Gasteiger partial charge on any atom is 0.289 e. The molecule has 5 aromatic rings. The van der Waals surface area contributed by atoms with Crippen LogP contribution in [0.5, 0.6) is 17.2 Å². The molecule has 186 valence electrons. The summed E-state index contributed by atoms with van der Waals surface area (Å²) in [7, 11) is 1.65. The molecule has 37 heavy (non-hydrogen) atoms. The van der Waals surface area contributed by atoms with E-state index < -0.39 is 5.91 Å². The van der Waals surface area contributed by atoms with Crippen molar-refractivity contribution in [3.63, 3.8) is 0 Å². The van der Waals surface area contributed by atoms with Gasteiger partial charge in [-0.1, -0.05) is 36.4 Å². The van der Waals surface area contributed by atoms with Crippen LogP contribution in [0.1, 0.15) is 21.7 Å². The number of benzene rings is 3. The number of nitrogens with zero attached hydrogens (tertiary/aromatic N) is 3. The van der Waals surface area contributed by atoms with Crippen molar-refractivity contribution in [1.82, 2.24) is 19.9 Å². The van der Waals surface area contributed by atoms with Crippen molar-refractivity contribution >= 4 is 33.7 Å². The standard InChI is InChI=1S/C28H25N5O4/c1-35-19-9-6-17(7-10-19)12-13-33-21-5-3-2-4-20(21)24-25(29)31-26(32-27(24)33)28(34)30-15-18-8-11-22-23(14-18)37-16-36-22/h2-11,14H,12-13,15-16H2,1H3,(H,30,34)(H2,29,31,32). The molecule has 3 heterocycles. The van der Waals surface area contributed by atoms with E-state index in [9.17, 15) is 4.79 Å². The Morgan fingerprint density at radius 1 is 1.03 bits per heavy atom. The van der Waals surface area contributed by atoms with Crippen LogP contribution in [0.25, 0.3) is 21.9 Å². The molecule has 1 amide bonds. The van der Waals surface area contributed by atoms with Gasteiger partial charge in [0.25, 0.3) is 5.91 Å². The first-order valence-corrected chi connectivity index (χ1v) is 11.9. The molecular formula is C28H25N5O4. The predicted octanol–water partition coefficient (Wildman–Crippen LogP) is 4.08. The molecule has 0 aliphatic carbocycles. The minimum absolute atomic E-state index is 0.0271. The highest BCUT2D eigenvalue weighted by Crippen LogP contribution is 2.33. The Balaban J connectivity index is 1.30. The highest BCUT2D eigenvalue weighted by atomic mass is 16.7. The summed E-state index contributed by atoms with van der Waals surface area (Å²) in [5.41, 5.74) is 10.1. The topological polar surface area (TPSA) is 114 Å². The lowest BCUT2D eigenvalue weighted by Gasteiger charge is -2.09. The number of carbonyl (C=O) groups is 1. The third-order valence-corrected chi connectivity index (χ3v) is 6.51. The quantitative estimate of drug-likeness (QED) is 0.350. The highest BCUT2D eigenvalue weighted by molar-refractivity contribution is 6.12. The summed E-state index contributed by atoms with van der Waals surface area (Å²) >= 11 is 0. The molecule has 0 unspecified atom stereocenters. The SMILES string of the molecule is COc1ccc(CCn2c3ccccc3c3c(N)nc(C(=O)NCc4ccc5c(c4)OCO5)nc32)cc1. The minimum atomic E-state index is -0.404. The Hall–Kier alpha value is -4.79. The van der Waals surface area contributed by atoms with Gasteiger partial charge in [-0.05, 0) is 47.9 Å². The molecular weight excluding hydrogens is 470 g/mol. The predicted molar refractivity (Wildman–Crippen MR) is 140 cm³/mol. The zero-order chi connectivity index (χ0) is 25.4. The van der Waals surface area contributed by atoms with Crippen molar-refractivity contribution in [3.8, 4) is 17.2 Å². The van der Waals surface area contributed by atoms with Crippen molar-refractivity contribution in [3.05, 3.63) is 83.7 Å². The summed E-state index contributed by atoms with van der Waals surface area (Å²) in [5.74, 6) is 2.07. The first kappa shape index (κ1) is 22.7. The summed E-state index contributed by atoms with van der Waals surface area (Å²) in [6, 6.07) is 21.5. The minimum Gasteiger partial charge on any atom is -0.497 e. The van der Waals surface area contributed by atoms with Crippen LogP contribution in [-0.4, -0.2) is 34.3 Å². The Labute approximate surface area is 212 Å². The van der Waals surface area contributed by atoms with Crippen molar-refractivity contribution in [2.45, 2.75) is 19.5 Å². The van der Waals surface area contributed by atoms with Gasteiger partial charge in [0.2, 0.25) is 12.6 Å². The molecule has 0 fully saturated rings. The molecule has 9 nitrogen and oxygen atoms in total. The van der Waals surface area contributed by atoms with Gasteiger partial charge in [-0.3, -0.25) is 4.79 Å². The van der Waals surface area contributed by atoms with Crippen LogP contribution in [0, 0.1) is 0 Å². The number of nitrogens with two attached hydrogens (primary N) is 1. The molecule has 3 N–H and O–H groups in total. The van der Waals surface area contributed by atoms with Gasteiger partial charge < -0.3 is 29.8 Å². The molecule has 9 heteroatoms. The molecule has 0 saturated carbocycles. The smallest absolute Gasteiger partial charge is 0.289 e. The first-order valence-electron chi connectivity index (χ1n) is 11.9. The zero-order valence-corrected chi connectivity index (χ0v) is 20.2. The first-order chi connectivity index (χ1) is 18.1. The number of ether oxygens (including phenoxy) is 3. The fraction of sp³-hybridized carbons (Fsp3) is 0.179. The summed E-state index contributed by atoms with van der Waals surface area (Å²) in [5, 5.41) is 4.59. The summed E-state index contributed by atoms with van der Waals surface area (Å²) in [6.07, 6.45) is 0.771. The van der Waals surface area contributed by atoms with Gasteiger partial charge >= 0.3 is 0 Å². The molecule has 0 spiro atoms. The maximum atomic E-state index is 13.0. The number of methoxy groups -OCH3 is 1. The fourth-order valence-corrected chi connectivity index (χ4v) is 4.63. The lowest BCUT2D eigenvalue weighted by Crippen LogP contribution is -2.25. The number of anilines is 1. The average Bonchev–Trinajstić information content (AvgIpc) is 3.53. The third-order valence-electron chi connectivity index (χ3n) is 6.51. The van der Waals surface area contributed by atoms with Crippen molar-refractivity contribution in [1.29, 1.82) is 0 Å². The van der Waals surface area contributed by atoms with Gasteiger partial charge in [-0.2, -0.15) is 0 Å². The third kappa shape index (κ3) is 4.24. The summed E-state index contributed by atoms with van der Waals surface area (Å²) in [4.78, 5) is 22.1. The number of carbonyl (C=O) groups excluding carboxylic acids is 1. The molecule has 0 radical (unpaired) electrons. The maximum absolute atomic E-state index is 13.0. The van der Waals surface area contributed by atoms with E-state index in [4.69, 9.17) is 19.9 Å². The van der Waals surface area contributed by atoms with Crippen LogP contribution >= 0.6 is 0 Å². The number of amides is 1. The Morgan fingerprint density at radius 3 is 2.65 bits per heavy atom. The molecule has 1 aliphatic rings. The number of aromatic nitrogens is 3. The molecule has 0 atom stereocenters. The van der Waals surface area contributed by atoms with E-state index in [2.05, 4.69) is 19.9 Å². The van der Waals surface area contributed by atoms with E-state index in [1.165, 1.54) is 0 Å². The normalized spacial score (nSPS) is 12.2. The number of aryl methyl sites for hydroxylation is 2. The van der Waals surface area contributed by atoms with E-state index in [1.807, 2.05) is 66.7 Å². The second-order valence-corrected chi connectivity index (χ2v) is 8.77. The summed E-state index contributed by atoms with van der Waals surface area (Å²) < 4.78 is 18.1. The van der Waals surface area contributed by atoms with Gasteiger partial charge in [0, 0.05) is 18.5 Å². The number of para-hydroxylation sites is 1. The monoisotopic (exact) mass is 495 g/mol. The highest BCUT2D eigenvalue weighted by Gasteiger charge is 2.20. The van der Waals surface area contributed by atoms with E-state index in [1.54, 1.807) is 7.11 Å². The van der Waals surface area contributed by atoms with Crippen LogP contribution in [-0.2, 0) is 19.5 Å². The van der Waals surface area contributed by atoms with Gasteiger partial charge in [-0.15, -0.1) is 0 Å². The number of hydrogen-bond acceptors (Lipinski definition) is 7. The molecule has 0 bridgehead atoms. The van der Waals surface area contributed by atoms with Gasteiger partial charge in [-0.25, -0.2) is 9.97 Å². The van der Waals surface area contributed by atoms with Crippen LogP contribution in [0.4, 0.5) is 5.82 Å². The number of nitrogens with one attached hydrogen (secondary N) is 1. The van der Waals surface area contributed by atoms with E-state index in [0.717, 1.165) is 39.6 Å². The fourth-order valence-electron chi connectivity index (χ4n) is 4.63. The van der Waals surface area contributed by atoms with E-state index in [-0.39, 0.29) is 25.0 Å². The second-order valence-electron chi connectivity index (χ2n) is 8.77. The molecule has 0 saturated heterocycles. The largest absolute Gasteiger partial charge is 0.497 e. The molecule has 6 rings (SSSR count). The van der Waals surface area contributed by atoms with Crippen LogP contribution in [0.3, 0.4) is 0 Å². The van der Waals surface area contributed by atoms with Crippen LogP contribution < -0.4 is 25.3 Å².